The second-order valence-electron chi connectivity index (χ2n) is 5.96. The summed E-state index contributed by atoms with van der Waals surface area (Å²) in [5.41, 5.74) is 1.42. The number of ether oxygens (including phenoxy) is 3. The van der Waals surface area contributed by atoms with Crippen LogP contribution in [0, 0.1) is 0 Å². The molecule has 140 valence electrons. The van der Waals surface area contributed by atoms with E-state index in [0.29, 0.717) is 37.6 Å². The number of morpholine rings is 1. The Kier molecular flexibility index (Phi) is 6.22. The fraction of sp³-hybridized carbons (Fsp3) is 0.238. The smallest absolute Gasteiger partial charge is 0.415 e. The zero-order valence-corrected chi connectivity index (χ0v) is 15.1. The van der Waals surface area contributed by atoms with Gasteiger partial charge in [-0.05, 0) is 48.0 Å². The standard InChI is InChI=1S/C21H21NO5/c1-25-18-7-2-16(3-8-18)4-11-20(23)17-5-9-19(10-6-17)27-21(24)22-12-14-26-15-13-22/h2-11H,12-15H2,1H3. The number of hydrogen-bond donors (Lipinski definition) is 0. The largest absolute Gasteiger partial charge is 0.497 e. The zero-order chi connectivity index (χ0) is 19.1. The molecule has 27 heavy (non-hydrogen) atoms. The van der Waals surface area contributed by atoms with Gasteiger partial charge in [-0.3, -0.25) is 4.79 Å². The highest BCUT2D eigenvalue weighted by Gasteiger charge is 2.18. The van der Waals surface area contributed by atoms with Gasteiger partial charge >= 0.3 is 6.09 Å². The lowest BCUT2D eigenvalue weighted by Gasteiger charge is -2.25. The van der Waals surface area contributed by atoms with Gasteiger partial charge in [0.25, 0.3) is 0 Å². The molecule has 3 rings (SSSR count). The third kappa shape index (κ3) is 5.18. The summed E-state index contributed by atoms with van der Waals surface area (Å²) >= 11 is 0. The van der Waals surface area contributed by atoms with E-state index < -0.39 is 6.09 Å². The number of hydrogen-bond acceptors (Lipinski definition) is 5. The lowest BCUT2D eigenvalue weighted by atomic mass is 10.1. The lowest BCUT2D eigenvalue weighted by Crippen LogP contribution is -2.42. The van der Waals surface area contributed by atoms with Crippen molar-refractivity contribution in [2.45, 2.75) is 0 Å². The van der Waals surface area contributed by atoms with Gasteiger partial charge in [-0.15, -0.1) is 0 Å². The Morgan fingerprint density at radius 2 is 1.59 bits per heavy atom. The van der Waals surface area contributed by atoms with Crippen molar-refractivity contribution in [1.29, 1.82) is 0 Å². The number of methoxy groups -OCH3 is 1. The normalized spacial score (nSPS) is 14.2. The highest BCUT2D eigenvalue weighted by Crippen LogP contribution is 2.16. The van der Waals surface area contributed by atoms with E-state index in [1.807, 2.05) is 24.3 Å². The summed E-state index contributed by atoms with van der Waals surface area (Å²) in [6.45, 7) is 2.07. The Hall–Kier alpha value is -3.12. The Morgan fingerprint density at radius 1 is 0.963 bits per heavy atom. The monoisotopic (exact) mass is 367 g/mol. The second-order valence-corrected chi connectivity index (χ2v) is 5.96. The van der Waals surface area contributed by atoms with E-state index in [1.165, 1.54) is 6.08 Å². The summed E-state index contributed by atoms with van der Waals surface area (Å²) in [7, 11) is 1.61. The number of rotatable bonds is 5. The highest BCUT2D eigenvalue weighted by molar-refractivity contribution is 6.06. The molecule has 2 aromatic rings. The molecule has 1 amide bonds. The molecule has 1 saturated heterocycles. The van der Waals surface area contributed by atoms with E-state index in [1.54, 1.807) is 42.4 Å². The number of ketones is 1. The van der Waals surface area contributed by atoms with Crippen LogP contribution in [-0.2, 0) is 4.74 Å². The van der Waals surface area contributed by atoms with E-state index >= 15 is 0 Å². The predicted molar refractivity (Wildman–Crippen MR) is 101 cm³/mol. The van der Waals surface area contributed by atoms with Crippen LogP contribution in [0.5, 0.6) is 11.5 Å². The van der Waals surface area contributed by atoms with Crippen molar-refractivity contribution in [3.05, 3.63) is 65.7 Å². The van der Waals surface area contributed by atoms with E-state index in [2.05, 4.69) is 0 Å². The summed E-state index contributed by atoms with van der Waals surface area (Å²) < 4.78 is 15.6. The second kappa shape index (κ2) is 9.00. The number of carbonyl (C=O) groups is 2. The predicted octanol–water partition coefficient (Wildman–Crippen LogP) is 3.42. The number of benzene rings is 2. The molecule has 0 unspecified atom stereocenters. The van der Waals surface area contributed by atoms with Crippen molar-refractivity contribution in [1.82, 2.24) is 4.90 Å². The van der Waals surface area contributed by atoms with Crippen LogP contribution in [0.3, 0.4) is 0 Å². The fourth-order valence-electron chi connectivity index (χ4n) is 2.58. The van der Waals surface area contributed by atoms with Crippen molar-refractivity contribution in [2.24, 2.45) is 0 Å². The van der Waals surface area contributed by atoms with Gasteiger partial charge in [0.1, 0.15) is 11.5 Å². The van der Waals surface area contributed by atoms with E-state index in [4.69, 9.17) is 14.2 Å². The maximum atomic E-state index is 12.3. The molecule has 0 aliphatic carbocycles. The summed E-state index contributed by atoms with van der Waals surface area (Å²) in [5.74, 6) is 1.04. The van der Waals surface area contributed by atoms with Crippen LogP contribution in [0.2, 0.25) is 0 Å². The summed E-state index contributed by atoms with van der Waals surface area (Å²) in [5, 5.41) is 0. The SMILES string of the molecule is COc1ccc(C=CC(=O)c2ccc(OC(=O)N3CCOCC3)cc2)cc1. The Morgan fingerprint density at radius 3 is 2.22 bits per heavy atom. The summed E-state index contributed by atoms with van der Waals surface area (Å²) in [4.78, 5) is 25.9. The first-order valence-electron chi connectivity index (χ1n) is 8.67. The van der Waals surface area contributed by atoms with Crippen LogP contribution in [-0.4, -0.2) is 50.2 Å². The van der Waals surface area contributed by atoms with Crippen LogP contribution in [0.4, 0.5) is 4.79 Å². The molecule has 2 aromatic carbocycles. The van der Waals surface area contributed by atoms with E-state index in [-0.39, 0.29) is 5.78 Å². The molecule has 0 aromatic heterocycles. The molecule has 1 fully saturated rings. The first-order valence-corrected chi connectivity index (χ1v) is 8.67. The molecule has 1 aliphatic rings. The molecule has 1 aliphatic heterocycles. The van der Waals surface area contributed by atoms with Gasteiger partial charge in [-0.25, -0.2) is 4.79 Å². The minimum atomic E-state index is -0.406. The average molecular weight is 367 g/mol. The Bertz CT molecular complexity index is 805. The van der Waals surface area contributed by atoms with Gasteiger partial charge in [0.15, 0.2) is 5.78 Å². The van der Waals surface area contributed by atoms with Crippen LogP contribution < -0.4 is 9.47 Å². The molecule has 1 heterocycles. The maximum absolute atomic E-state index is 12.3. The Labute approximate surface area is 158 Å². The molecular weight excluding hydrogens is 346 g/mol. The van der Waals surface area contributed by atoms with Crippen LogP contribution in [0.15, 0.2) is 54.6 Å². The molecule has 0 atom stereocenters. The molecular formula is C21H21NO5. The van der Waals surface area contributed by atoms with Gasteiger partial charge in [-0.2, -0.15) is 0 Å². The number of carbonyl (C=O) groups excluding carboxylic acids is 2. The first-order chi connectivity index (χ1) is 13.2. The summed E-state index contributed by atoms with van der Waals surface area (Å²) in [6, 6.07) is 13.9. The fourth-order valence-corrected chi connectivity index (χ4v) is 2.58. The maximum Gasteiger partial charge on any atom is 0.415 e. The average Bonchev–Trinajstić information content (AvgIpc) is 2.73. The van der Waals surface area contributed by atoms with Crippen LogP contribution in [0.1, 0.15) is 15.9 Å². The van der Waals surface area contributed by atoms with Gasteiger partial charge in [0, 0.05) is 18.7 Å². The van der Waals surface area contributed by atoms with Gasteiger partial charge in [0.05, 0.1) is 20.3 Å². The number of allylic oxidation sites excluding steroid dienone is 1. The molecule has 0 N–H and O–H groups in total. The minimum absolute atomic E-state index is 0.128. The minimum Gasteiger partial charge on any atom is -0.497 e. The zero-order valence-electron chi connectivity index (χ0n) is 15.1. The number of amides is 1. The van der Waals surface area contributed by atoms with Crippen molar-refractivity contribution in [3.8, 4) is 11.5 Å². The summed E-state index contributed by atoms with van der Waals surface area (Å²) in [6.07, 6.45) is 2.85. The number of nitrogens with zero attached hydrogens (tertiary/aromatic N) is 1. The molecule has 6 nitrogen and oxygen atoms in total. The van der Waals surface area contributed by atoms with E-state index in [9.17, 15) is 9.59 Å². The molecule has 0 saturated carbocycles. The van der Waals surface area contributed by atoms with Crippen molar-refractivity contribution < 1.29 is 23.8 Å². The topological polar surface area (TPSA) is 65.1 Å². The van der Waals surface area contributed by atoms with Gasteiger partial charge < -0.3 is 19.1 Å². The van der Waals surface area contributed by atoms with Crippen LogP contribution >= 0.6 is 0 Å². The molecule has 0 radical (unpaired) electrons. The van der Waals surface area contributed by atoms with Gasteiger partial charge in [-0.1, -0.05) is 18.2 Å². The molecule has 6 heteroatoms. The molecule has 0 spiro atoms. The lowest BCUT2D eigenvalue weighted by molar-refractivity contribution is 0.0416. The van der Waals surface area contributed by atoms with Crippen molar-refractivity contribution >= 4 is 18.0 Å². The first kappa shape index (κ1) is 18.7. The highest BCUT2D eigenvalue weighted by atomic mass is 16.6. The third-order valence-electron chi connectivity index (χ3n) is 4.16. The van der Waals surface area contributed by atoms with Crippen molar-refractivity contribution in [3.63, 3.8) is 0 Å². The Balaban J connectivity index is 1.57. The third-order valence-corrected chi connectivity index (χ3v) is 4.16. The van der Waals surface area contributed by atoms with E-state index in [0.717, 1.165) is 11.3 Å². The van der Waals surface area contributed by atoms with Crippen LogP contribution in [0.25, 0.3) is 6.08 Å². The van der Waals surface area contributed by atoms with Gasteiger partial charge in [0.2, 0.25) is 0 Å². The molecule has 0 bridgehead atoms. The van der Waals surface area contributed by atoms with Crippen molar-refractivity contribution in [2.75, 3.05) is 33.4 Å². The quantitative estimate of drug-likeness (QED) is 0.598.